The third-order valence-electron chi connectivity index (χ3n) is 1.85. The van der Waals surface area contributed by atoms with Crippen LogP contribution in [0.4, 0.5) is 4.39 Å². The predicted octanol–water partition coefficient (Wildman–Crippen LogP) is 1.89. The maximum atomic E-state index is 12.6. The van der Waals surface area contributed by atoms with E-state index in [9.17, 15) is 9.18 Å². The second-order valence-corrected chi connectivity index (χ2v) is 3.19. The monoisotopic (exact) mass is 150 g/mol. The van der Waals surface area contributed by atoms with E-state index in [4.69, 9.17) is 11.6 Å². The number of halogens is 2. The van der Waals surface area contributed by atoms with E-state index in [1.807, 2.05) is 0 Å². The first-order valence-electron chi connectivity index (χ1n) is 2.90. The van der Waals surface area contributed by atoms with Crippen LogP contribution in [0.5, 0.6) is 0 Å². The van der Waals surface area contributed by atoms with Crippen LogP contribution < -0.4 is 0 Å². The molecule has 1 aliphatic rings. The molecule has 9 heavy (non-hydrogen) atoms. The van der Waals surface area contributed by atoms with Gasteiger partial charge in [0.25, 0.3) is 5.24 Å². The fourth-order valence-corrected chi connectivity index (χ4v) is 0.988. The Kier molecular flexibility index (Phi) is 1.51. The SMILES string of the molecule is CC1(C(F)C(=O)Cl)CC1. The third kappa shape index (κ3) is 1.23. The summed E-state index contributed by atoms with van der Waals surface area (Å²) >= 11 is 4.94. The molecule has 1 atom stereocenters. The Labute approximate surface area is 58.2 Å². The molecule has 0 saturated heterocycles. The van der Waals surface area contributed by atoms with Gasteiger partial charge in [0.05, 0.1) is 0 Å². The van der Waals surface area contributed by atoms with Crippen LogP contribution in [0.25, 0.3) is 0 Å². The highest BCUT2D eigenvalue weighted by Gasteiger charge is 2.48. The number of rotatable bonds is 2. The van der Waals surface area contributed by atoms with Crippen molar-refractivity contribution in [2.24, 2.45) is 5.41 Å². The molecule has 0 aromatic rings. The van der Waals surface area contributed by atoms with Gasteiger partial charge < -0.3 is 0 Å². The van der Waals surface area contributed by atoms with Crippen LogP contribution >= 0.6 is 11.6 Å². The molecule has 0 amide bonds. The molecule has 1 aliphatic carbocycles. The first-order chi connectivity index (χ1) is 4.06. The van der Waals surface area contributed by atoms with Gasteiger partial charge >= 0.3 is 0 Å². The highest BCUT2D eigenvalue weighted by Crippen LogP contribution is 2.49. The average molecular weight is 151 g/mol. The molecule has 1 saturated carbocycles. The fourth-order valence-electron chi connectivity index (χ4n) is 0.725. The van der Waals surface area contributed by atoms with Crippen LogP contribution in [-0.4, -0.2) is 11.4 Å². The maximum absolute atomic E-state index is 12.6. The molecule has 1 nitrogen and oxygen atoms in total. The van der Waals surface area contributed by atoms with Gasteiger partial charge in [-0.2, -0.15) is 0 Å². The molecule has 0 N–H and O–H groups in total. The smallest absolute Gasteiger partial charge is 0.256 e. The minimum atomic E-state index is -1.45. The second kappa shape index (κ2) is 1.94. The summed E-state index contributed by atoms with van der Waals surface area (Å²) in [7, 11) is 0. The van der Waals surface area contributed by atoms with Crippen molar-refractivity contribution in [2.45, 2.75) is 25.9 Å². The zero-order valence-electron chi connectivity index (χ0n) is 5.16. The van der Waals surface area contributed by atoms with E-state index in [0.29, 0.717) is 0 Å². The summed E-state index contributed by atoms with van der Waals surface area (Å²) in [6.45, 7) is 1.73. The molecule has 0 spiro atoms. The van der Waals surface area contributed by atoms with E-state index >= 15 is 0 Å². The number of carbonyl (C=O) groups excluding carboxylic acids is 1. The summed E-state index contributed by atoms with van der Waals surface area (Å²) in [5.74, 6) is 0. The zero-order chi connectivity index (χ0) is 7.07. The van der Waals surface area contributed by atoms with Gasteiger partial charge in [-0.3, -0.25) is 4.79 Å². The lowest BCUT2D eigenvalue weighted by Gasteiger charge is -2.08. The van der Waals surface area contributed by atoms with Crippen molar-refractivity contribution in [1.82, 2.24) is 0 Å². The molecule has 0 heterocycles. The first-order valence-corrected chi connectivity index (χ1v) is 3.27. The van der Waals surface area contributed by atoms with Crippen molar-refractivity contribution < 1.29 is 9.18 Å². The molecule has 52 valence electrons. The van der Waals surface area contributed by atoms with Crippen LogP contribution in [0, 0.1) is 5.41 Å². The molecule has 1 fully saturated rings. The van der Waals surface area contributed by atoms with E-state index in [-0.39, 0.29) is 0 Å². The Morgan fingerprint density at radius 3 is 2.33 bits per heavy atom. The normalized spacial score (nSPS) is 25.2. The minimum absolute atomic E-state index is 0.418. The van der Waals surface area contributed by atoms with Crippen LogP contribution in [0.3, 0.4) is 0 Å². The molecule has 0 aromatic carbocycles. The van der Waals surface area contributed by atoms with Crippen molar-refractivity contribution in [1.29, 1.82) is 0 Å². The van der Waals surface area contributed by atoms with Gasteiger partial charge in [-0.15, -0.1) is 0 Å². The van der Waals surface area contributed by atoms with Crippen molar-refractivity contribution in [3.8, 4) is 0 Å². The second-order valence-electron chi connectivity index (χ2n) is 2.82. The topological polar surface area (TPSA) is 17.1 Å². The number of hydrogen-bond acceptors (Lipinski definition) is 1. The standard InChI is InChI=1S/C6H8ClFO/c1-6(2-3-6)4(8)5(7)9/h4H,2-3H2,1H3. The lowest BCUT2D eigenvalue weighted by molar-refractivity contribution is -0.118. The van der Waals surface area contributed by atoms with Gasteiger partial charge in [0.15, 0.2) is 6.17 Å². The summed E-state index contributed by atoms with van der Waals surface area (Å²) in [6.07, 6.45) is 0.123. The third-order valence-corrected chi connectivity index (χ3v) is 2.04. The Bertz CT molecular complexity index is 142. The molecule has 1 rings (SSSR count). The maximum Gasteiger partial charge on any atom is 0.256 e. The molecular formula is C6H8ClFO. The Hall–Kier alpha value is -0.110. The first kappa shape index (κ1) is 7.00. The number of alkyl halides is 1. The van der Waals surface area contributed by atoms with Gasteiger partial charge in [0, 0.05) is 5.41 Å². The summed E-state index contributed by atoms with van der Waals surface area (Å²) in [6, 6.07) is 0. The highest BCUT2D eigenvalue weighted by atomic mass is 35.5. The summed E-state index contributed by atoms with van der Waals surface area (Å²) in [5, 5.41) is -0.852. The average Bonchev–Trinajstić information content (AvgIpc) is 2.47. The van der Waals surface area contributed by atoms with E-state index in [2.05, 4.69) is 0 Å². The molecule has 0 aliphatic heterocycles. The Balaban J connectivity index is 2.52. The zero-order valence-corrected chi connectivity index (χ0v) is 5.91. The van der Waals surface area contributed by atoms with Gasteiger partial charge in [-0.1, -0.05) is 6.92 Å². The van der Waals surface area contributed by atoms with Crippen molar-refractivity contribution in [3.05, 3.63) is 0 Å². The molecule has 1 unspecified atom stereocenters. The number of carbonyl (C=O) groups is 1. The van der Waals surface area contributed by atoms with E-state index < -0.39 is 16.8 Å². The quantitative estimate of drug-likeness (QED) is 0.550. The largest absolute Gasteiger partial charge is 0.278 e. The van der Waals surface area contributed by atoms with E-state index in [1.54, 1.807) is 6.92 Å². The van der Waals surface area contributed by atoms with Crippen LogP contribution in [0.2, 0.25) is 0 Å². The lowest BCUT2D eigenvalue weighted by Crippen LogP contribution is -2.19. The minimum Gasteiger partial charge on any atom is -0.278 e. The highest BCUT2D eigenvalue weighted by molar-refractivity contribution is 6.64. The fraction of sp³-hybridized carbons (Fsp3) is 0.833. The van der Waals surface area contributed by atoms with E-state index in [0.717, 1.165) is 12.8 Å². The summed E-state index contributed by atoms with van der Waals surface area (Å²) in [5.41, 5.74) is -0.418. The summed E-state index contributed by atoms with van der Waals surface area (Å²) < 4.78 is 12.6. The van der Waals surface area contributed by atoms with E-state index in [1.165, 1.54) is 0 Å². The predicted molar refractivity (Wildman–Crippen MR) is 33.1 cm³/mol. The lowest BCUT2D eigenvalue weighted by atomic mass is 10.1. The van der Waals surface area contributed by atoms with Crippen molar-refractivity contribution in [3.63, 3.8) is 0 Å². The van der Waals surface area contributed by atoms with Crippen LogP contribution in [0.15, 0.2) is 0 Å². The van der Waals surface area contributed by atoms with Gasteiger partial charge in [-0.25, -0.2) is 4.39 Å². The molecular weight excluding hydrogens is 143 g/mol. The molecule has 0 radical (unpaired) electrons. The molecule has 0 bridgehead atoms. The van der Waals surface area contributed by atoms with Gasteiger partial charge in [0.1, 0.15) is 0 Å². The molecule has 0 aromatic heterocycles. The Morgan fingerprint density at radius 1 is 1.78 bits per heavy atom. The Morgan fingerprint density at radius 2 is 2.22 bits per heavy atom. The van der Waals surface area contributed by atoms with Crippen LogP contribution in [0.1, 0.15) is 19.8 Å². The van der Waals surface area contributed by atoms with Crippen molar-refractivity contribution >= 4 is 16.8 Å². The molecule has 3 heteroatoms. The van der Waals surface area contributed by atoms with Gasteiger partial charge in [0.2, 0.25) is 0 Å². The van der Waals surface area contributed by atoms with Crippen LogP contribution in [-0.2, 0) is 4.79 Å². The van der Waals surface area contributed by atoms with Gasteiger partial charge in [-0.05, 0) is 24.4 Å². The summed E-state index contributed by atoms with van der Waals surface area (Å²) in [4.78, 5) is 10.2. The van der Waals surface area contributed by atoms with Crippen molar-refractivity contribution in [2.75, 3.05) is 0 Å². The number of hydrogen-bond donors (Lipinski definition) is 0.